The lowest BCUT2D eigenvalue weighted by molar-refractivity contribution is -0.143. The van der Waals surface area contributed by atoms with Crippen molar-refractivity contribution in [3.63, 3.8) is 0 Å². The number of rotatable bonds is 15. The minimum Gasteiger partial charge on any atom is -0.490 e. The number of ether oxygens (including phenoxy) is 1. The van der Waals surface area contributed by atoms with Gasteiger partial charge >= 0.3 is 18.3 Å². The Hall–Kier alpha value is -4.17. The minimum absolute atomic E-state index is 0.0170. The Labute approximate surface area is 256 Å². The zero-order valence-corrected chi connectivity index (χ0v) is 24.8. The Balaban J connectivity index is 1.71. The Morgan fingerprint density at radius 2 is 1.60 bits per heavy atom. The SMILES string of the molecule is CCCN(CC1CC1)c1nc(C)ncc1CN(Cc1cc(C(F)(F)F)cc(C(F)(F)F)c1)c1ncc(OCCCC(=O)O)cn1. The molecule has 1 fully saturated rings. The molecule has 0 amide bonds. The van der Waals surface area contributed by atoms with Crippen LogP contribution in [0.3, 0.4) is 0 Å². The number of carboxylic acid groups (broad SMARTS) is 1. The number of aryl methyl sites for hydroxylation is 1. The maximum absolute atomic E-state index is 13.6. The number of nitrogens with zero attached hydrogens (tertiary/aromatic N) is 6. The first-order valence-electron chi connectivity index (χ1n) is 14.5. The van der Waals surface area contributed by atoms with Crippen molar-refractivity contribution in [2.75, 3.05) is 29.5 Å². The first-order chi connectivity index (χ1) is 21.2. The molecule has 1 aromatic carbocycles. The molecule has 1 saturated carbocycles. The van der Waals surface area contributed by atoms with Crippen molar-refractivity contribution in [3.8, 4) is 5.75 Å². The number of aliphatic carboxylic acids is 1. The lowest BCUT2D eigenvalue weighted by Crippen LogP contribution is -2.31. The summed E-state index contributed by atoms with van der Waals surface area (Å²) in [5.41, 5.74) is -2.48. The van der Waals surface area contributed by atoms with Crippen LogP contribution >= 0.6 is 0 Å². The molecule has 2 aromatic heterocycles. The molecule has 244 valence electrons. The standard InChI is InChI=1S/C30H34F6N6O3/c1-3-8-41(16-20-6-7-20)27-22(13-37-19(2)40-27)18-42(28-38-14-25(15-39-28)45-9-4-5-26(43)44)17-21-10-23(29(31,32)33)12-24(11-21)30(34,35)36/h10-15,20H,3-9,16-18H2,1-2H3,(H,43,44). The molecule has 15 heteroatoms. The third kappa shape index (κ3) is 9.91. The summed E-state index contributed by atoms with van der Waals surface area (Å²) in [5.74, 6) is 0.950. The van der Waals surface area contributed by atoms with Crippen LogP contribution in [-0.4, -0.2) is 50.7 Å². The highest BCUT2D eigenvalue weighted by Crippen LogP contribution is 2.37. The first-order valence-corrected chi connectivity index (χ1v) is 14.5. The average Bonchev–Trinajstić information content (AvgIpc) is 3.79. The van der Waals surface area contributed by atoms with E-state index in [1.54, 1.807) is 13.1 Å². The third-order valence-electron chi connectivity index (χ3n) is 7.01. The van der Waals surface area contributed by atoms with Crippen LogP contribution in [0, 0.1) is 12.8 Å². The quantitative estimate of drug-likeness (QED) is 0.144. The summed E-state index contributed by atoms with van der Waals surface area (Å²) in [6.07, 6.45) is -2.60. The van der Waals surface area contributed by atoms with Gasteiger partial charge in [0.2, 0.25) is 5.95 Å². The van der Waals surface area contributed by atoms with Crippen LogP contribution in [0.2, 0.25) is 0 Å². The number of alkyl halides is 6. The van der Waals surface area contributed by atoms with Crippen LogP contribution < -0.4 is 14.5 Å². The lowest BCUT2D eigenvalue weighted by Gasteiger charge is -2.29. The second-order valence-electron chi connectivity index (χ2n) is 11.0. The van der Waals surface area contributed by atoms with Crippen molar-refractivity contribution < 1.29 is 41.0 Å². The van der Waals surface area contributed by atoms with Crippen molar-refractivity contribution in [1.29, 1.82) is 0 Å². The van der Waals surface area contributed by atoms with Gasteiger partial charge in [-0.1, -0.05) is 6.92 Å². The summed E-state index contributed by atoms with van der Waals surface area (Å²) in [6.45, 7) is 4.92. The van der Waals surface area contributed by atoms with E-state index in [1.165, 1.54) is 17.3 Å². The second-order valence-corrected chi connectivity index (χ2v) is 11.0. The Kier molecular flexibility index (Phi) is 10.7. The zero-order valence-electron chi connectivity index (χ0n) is 24.8. The molecule has 0 unspecified atom stereocenters. The molecular weight excluding hydrogens is 606 g/mol. The van der Waals surface area contributed by atoms with E-state index in [1.807, 2.05) is 6.92 Å². The van der Waals surface area contributed by atoms with Crippen molar-refractivity contribution in [2.24, 2.45) is 5.92 Å². The fourth-order valence-corrected chi connectivity index (χ4v) is 4.73. The predicted molar refractivity (Wildman–Crippen MR) is 153 cm³/mol. The van der Waals surface area contributed by atoms with E-state index in [0.717, 1.165) is 25.8 Å². The number of aromatic nitrogens is 4. The first kappa shape index (κ1) is 33.7. The molecular formula is C30H34F6N6O3. The molecule has 0 bridgehead atoms. The van der Waals surface area contributed by atoms with Gasteiger partial charge in [-0.25, -0.2) is 19.9 Å². The van der Waals surface area contributed by atoms with Crippen LogP contribution in [0.25, 0.3) is 0 Å². The highest BCUT2D eigenvalue weighted by Gasteiger charge is 2.37. The van der Waals surface area contributed by atoms with E-state index in [2.05, 4.69) is 24.8 Å². The summed E-state index contributed by atoms with van der Waals surface area (Å²) in [4.78, 5) is 31.9. The van der Waals surface area contributed by atoms with Gasteiger partial charge in [0, 0.05) is 37.8 Å². The van der Waals surface area contributed by atoms with Gasteiger partial charge in [-0.2, -0.15) is 26.3 Å². The largest absolute Gasteiger partial charge is 0.490 e. The number of hydrogen-bond acceptors (Lipinski definition) is 8. The maximum atomic E-state index is 13.6. The lowest BCUT2D eigenvalue weighted by atomic mass is 10.0. The second kappa shape index (κ2) is 14.3. The van der Waals surface area contributed by atoms with Gasteiger partial charge in [0.25, 0.3) is 0 Å². The van der Waals surface area contributed by atoms with Crippen LogP contribution in [0.4, 0.5) is 38.1 Å². The molecule has 1 aliphatic carbocycles. The minimum atomic E-state index is -5.00. The molecule has 45 heavy (non-hydrogen) atoms. The fraction of sp³-hybridized carbons (Fsp3) is 0.500. The molecule has 1 aliphatic rings. The highest BCUT2D eigenvalue weighted by atomic mass is 19.4. The Morgan fingerprint density at radius 1 is 0.956 bits per heavy atom. The molecule has 4 rings (SSSR count). The van der Waals surface area contributed by atoms with Gasteiger partial charge in [0.15, 0.2) is 5.75 Å². The van der Waals surface area contributed by atoms with E-state index < -0.39 is 36.0 Å². The van der Waals surface area contributed by atoms with Crippen molar-refractivity contribution in [3.05, 3.63) is 64.9 Å². The van der Waals surface area contributed by atoms with E-state index >= 15 is 0 Å². The summed E-state index contributed by atoms with van der Waals surface area (Å²) in [6, 6.07) is 1.46. The van der Waals surface area contributed by atoms with Gasteiger partial charge in [-0.15, -0.1) is 0 Å². The van der Waals surface area contributed by atoms with Gasteiger partial charge in [-0.05, 0) is 62.3 Å². The highest BCUT2D eigenvalue weighted by molar-refractivity contribution is 5.66. The Bertz CT molecular complexity index is 1420. The number of carboxylic acids is 1. The van der Waals surface area contributed by atoms with Gasteiger partial charge in [0.05, 0.1) is 36.7 Å². The molecule has 0 radical (unpaired) electrons. The predicted octanol–water partition coefficient (Wildman–Crippen LogP) is 6.69. The van der Waals surface area contributed by atoms with Crippen LogP contribution in [0.1, 0.15) is 67.1 Å². The van der Waals surface area contributed by atoms with Crippen molar-refractivity contribution in [1.82, 2.24) is 19.9 Å². The summed E-state index contributed by atoms with van der Waals surface area (Å²) < 4.78 is 87.4. The fourth-order valence-electron chi connectivity index (χ4n) is 4.73. The van der Waals surface area contributed by atoms with Crippen LogP contribution in [-0.2, 0) is 30.2 Å². The van der Waals surface area contributed by atoms with Gasteiger partial charge in [0.1, 0.15) is 11.6 Å². The van der Waals surface area contributed by atoms with E-state index in [4.69, 9.17) is 9.84 Å². The molecule has 2 heterocycles. The number of benzene rings is 1. The number of hydrogen-bond donors (Lipinski definition) is 1. The van der Waals surface area contributed by atoms with E-state index in [-0.39, 0.29) is 49.3 Å². The summed E-state index contributed by atoms with van der Waals surface area (Å²) >= 11 is 0. The maximum Gasteiger partial charge on any atom is 0.416 e. The average molecular weight is 641 g/mol. The normalized spacial score (nSPS) is 13.5. The Morgan fingerprint density at radius 3 is 2.16 bits per heavy atom. The summed E-state index contributed by atoms with van der Waals surface area (Å²) in [5, 5.41) is 8.80. The van der Waals surface area contributed by atoms with E-state index in [0.29, 0.717) is 41.8 Å². The van der Waals surface area contributed by atoms with Crippen LogP contribution in [0.5, 0.6) is 5.75 Å². The summed E-state index contributed by atoms with van der Waals surface area (Å²) in [7, 11) is 0. The molecule has 9 nitrogen and oxygen atoms in total. The van der Waals surface area contributed by atoms with E-state index in [9.17, 15) is 31.1 Å². The number of carbonyl (C=O) groups is 1. The monoisotopic (exact) mass is 640 g/mol. The van der Waals surface area contributed by atoms with Crippen molar-refractivity contribution in [2.45, 2.75) is 71.4 Å². The van der Waals surface area contributed by atoms with Gasteiger partial charge in [-0.3, -0.25) is 4.79 Å². The van der Waals surface area contributed by atoms with Crippen LogP contribution in [0.15, 0.2) is 36.8 Å². The molecule has 1 N–H and O–H groups in total. The topological polar surface area (TPSA) is 105 Å². The number of anilines is 2. The third-order valence-corrected chi connectivity index (χ3v) is 7.01. The molecule has 0 aliphatic heterocycles. The van der Waals surface area contributed by atoms with Gasteiger partial charge < -0.3 is 19.6 Å². The zero-order chi connectivity index (χ0) is 32.8. The molecule has 0 saturated heterocycles. The number of halogens is 6. The smallest absolute Gasteiger partial charge is 0.416 e. The molecule has 3 aromatic rings. The molecule has 0 atom stereocenters. The van der Waals surface area contributed by atoms with Crippen molar-refractivity contribution >= 4 is 17.7 Å². The molecule has 0 spiro atoms.